The summed E-state index contributed by atoms with van der Waals surface area (Å²) >= 11 is 0. The predicted molar refractivity (Wildman–Crippen MR) is 103 cm³/mol. The SMILES string of the molecule is CCCCC(CCCC)(CC(CCCC)(CCCC)C(=O)O)C(=O)O. The van der Waals surface area contributed by atoms with E-state index in [1.54, 1.807) is 0 Å². The fourth-order valence-corrected chi connectivity index (χ4v) is 3.89. The van der Waals surface area contributed by atoms with Crippen molar-refractivity contribution in [2.24, 2.45) is 10.8 Å². The smallest absolute Gasteiger partial charge is 0.309 e. The maximum absolute atomic E-state index is 12.3. The molecule has 0 aromatic heterocycles. The van der Waals surface area contributed by atoms with Crippen LogP contribution in [0.15, 0.2) is 0 Å². The molecular formula is C21H40O4. The Morgan fingerprint density at radius 1 is 0.600 bits per heavy atom. The van der Waals surface area contributed by atoms with Gasteiger partial charge in [0.1, 0.15) is 0 Å². The van der Waals surface area contributed by atoms with Crippen LogP contribution in [0.25, 0.3) is 0 Å². The summed E-state index contributed by atoms with van der Waals surface area (Å²) in [6.07, 6.45) is 9.74. The van der Waals surface area contributed by atoms with E-state index in [1.807, 2.05) is 0 Å². The van der Waals surface area contributed by atoms with Crippen LogP contribution in [0.5, 0.6) is 0 Å². The summed E-state index contributed by atoms with van der Waals surface area (Å²) in [5, 5.41) is 20.2. The zero-order valence-corrected chi connectivity index (χ0v) is 16.9. The van der Waals surface area contributed by atoms with Gasteiger partial charge in [0.05, 0.1) is 10.8 Å². The molecule has 0 rings (SSSR count). The van der Waals surface area contributed by atoms with Gasteiger partial charge < -0.3 is 10.2 Å². The average molecular weight is 357 g/mol. The van der Waals surface area contributed by atoms with Crippen LogP contribution in [0, 0.1) is 10.8 Å². The molecule has 4 nitrogen and oxygen atoms in total. The molecule has 0 saturated carbocycles. The molecule has 0 amide bonds. The van der Waals surface area contributed by atoms with Crippen LogP contribution in [-0.2, 0) is 9.59 Å². The van der Waals surface area contributed by atoms with Crippen molar-refractivity contribution >= 4 is 11.9 Å². The van der Waals surface area contributed by atoms with Gasteiger partial charge >= 0.3 is 11.9 Å². The Labute approximate surface area is 154 Å². The first-order valence-corrected chi connectivity index (χ1v) is 10.3. The van der Waals surface area contributed by atoms with E-state index in [0.29, 0.717) is 25.7 Å². The van der Waals surface area contributed by atoms with E-state index >= 15 is 0 Å². The Morgan fingerprint density at radius 2 is 0.840 bits per heavy atom. The van der Waals surface area contributed by atoms with Gasteiger partial charge in [-0.1, -0.05) is 79.1 Å². The highest BCUT2D eigenvalue weighted by Gasteiger charge is 2.48. The summed E-state index contributed by atoms with van der Waals surface area (Å²) in [6.45, 7) is 8.24. The Hall–Kier alpha value is -1.06. The van der Waals surface area contributed by atoms with Crippen molar-refractivity contribution < 1.29 is 19.8 Å². The zero-order valence-electron chi connectivity index (χ0n) is 16.9. The summed E-state index contributed by atoms with van der Waals surface area (Å²) in [5.74, 6) is -1.60. The molecule has 0 radical (unpaired) electrons. The van der Waals surface area contributed by atoms with Gasteiger partial charge in [0.2, 0.25) is 0 Å². The Bertz CT molecular complexity index is 337. The Kier molecular flexibility index (Phi) is 11.8. The van der Waals surface area contributed by atoms with Crippen LogP contribution in [-0.4, -0.2) is 22.2 Å². The second kappa shape index (κ2) is 12.3. The molecule has 0 heterocycles. The highest BCUT2D eigenvalue weighted by Crippen LogP contribution is 2.47. The van der Waals surface area contributed by atoms with Crippen LogP contribution in [0.2, 0.25) is 0 Å². The summed E-state index contributed by atoms with van der Waals surface area (Å²) in [7, 11) is 0. The normalized spacial score (nSPS) is 12.3. The average Bonchev–Trinajstić information content (AvgIpc) is 2.59. The number of carboxylic acids is 2. The van der Waals surface area contributed by atoms with Crippen LogP contribution < -0.4 is 0 Å². The third kappa shape index (κ3) is 7.37. The minimum atomic E-state index is -0.897. The van der Waals surface area contributed by atoms with Crippen LogP contribution in [0.1, 0.15) is 111 Å². The van der Waals surface area contributed by atoms with Crippen LogP contribution >= 0.6 is 0 Å². The van der Waals surface area contributed by atoms with Crippen LogP contribution in [0.4, 0.5) is 0 Å². The summed E-state index contributed by atoms with van der Waals surface area (Å²) in [4.78, 5) is 24.6. The Balaban J connectivity index is 5.79. The van der Waals surface area contributed by atoms with E-state index in [0.717, 1.165) is 51.4 Å². The van der Waals surface area contributed by atoms with Crippen molar-refractivity contribution in [3.8, 4) is 0 Å². The second-order valence-electron chi connectivity index (χ2n) is 7.76. The van der Waals surface area contributed by atoms with Gasteiger partial charge in [-0.2, -0.15) is 0 Å². The minimum absolute atomic E-state index is 0.282. The summed E-state index contributed by atoms with van der Waals surface area (Å²) in [5.41, 5.74) is -1.79. The molecule has 0 aliphatic carbocycles. The van der Waals surface area contributed by atoms with Gasteiger partial charge in [0.15, 0.2) is 0 Å². The van der Waals surface area contributed by atoms with Gasteiger partial charge in [-0.15, -0.1) is 0 Å². The lowest BCUT2D eigenvalue weighted by molar-refractivity contribution is -0.160. The lowest BCUT2D eigenvalue weighted by atomic mass is 9.63. The quantitative estimate of drug-likeness (QED) is 0.341. The topological polar surface area (TPSA) is 74.6 Å². The molecule has 0 aliphatic rings. The van der Waals surface area contributed by atoms with E-state index in [9.17, 15) is 19.8 Å². The molecule has 148 valence electrons. The van der Waals surface area contributed by atoms with E-state index < -0.39 is 22.8 Å². The number of aliphatic carboxylic acids is 2. The molecule has 0 aromatic rings. The molecule has 0 aromatic carbocycles. The summed E-state index contributed by atoms with van der Waals surface area (Å²) in [6, 6.07) is 0. The number of unbranched alkanes of at least 4 members (excludes halogenated alkanes) is 4. The molecule has 0 saturated heterocycles. The van der Waals surface area contributed by atoms with Gasteiger partial charge in [-0.3, -0.25) is 9.59 Å². The zero-order chi connectivity index (χ0) is 19.3. The van der Waals surface area contributed by atoms with Gasteiger partial charge in [0, 0.05) is 0 Å². The van der Waals surface area contributed by atoms with E-state index in [-0.39, 0.29) is 6.42 Å². The van der Waals surface area contributed by atoms with Gasteiger partial charge in [-0.25, -0.2) is 0 Å². The first-order chi connectivity index (χ1) is 11.8. The maximum atomic E-state index is 12.3. The molecule has 0 aliphatic heterocycles. The molecule has 0 spiro atoms. The number of carbonyl (C=O) groups is 2. The molecule has 0 fully saturated rings. The molecule has 0 bridgehead atoms. The molecular weight excluding hydrogens is 316 g/mol. The van der Waals surface area contributed by atoms with Crippen molar-refractivity contribution in [1.82, 2.24) is 0 Å². The minimum Gasteiger partial charge on any atom is -0.481 e. The van der Waals surface area contributed by atoms with Crippen molar-refractivity contribution in [3.05, 3.63) is 0 Å². The first-order valence-electron chi connectivity index (χ1n) is 10.3. The van der Waals surface area contributed by atoms with Gasteiger partial charge in [0.25, 0.3) is 0 Å². The highest BCUT2D eigenvalue weighted by atomic mass is 16.4. The third-order valence-electron chi connectivity index (χ3n) is 5.62. The lowest BCUT2D eigenvalue weighted by Gasteiger charge is -2.39. The number of hydrogen-bond acceptors (Lipinski definition) is 2. The Morgan fingerprint density at radius 3 is 1.00 bits per heavy atom. The molecule has 25 heavy (non-hydrogen) atoms. The molecule has 0 atom stereocenters. The van der Waals surface area contributed by atoms with E-state index in [2.05, 4.69) is 27.7 Å². The lowest BCUT2D eigenvalue weighted by Crippen LogP contribution is -2.42. The predicted octanol–water partition coefficient (Wildman–Crippen LogP) is 6.28. The molecule has 4 heteroatoms. The van der Waals surface area contributed by atoms with Crippen molar-refractivity contribution in [1.29, 1.82) is 0 Å². The van der Waals surface area contributed by atoms with Crippen molar-refractivity contribution in [3.63, 3.8) is 0 Å². The maximum Gasteiger partial charge on any atom is 0.309 e. The fourth-order valence-electron chi connectivity index (χ4n) is 3.89. The van der Waals surface area contributed by atoms with E-state index in [4.69, 9.17) is 0 Å². The number of rotatable bonds is 16. The van der Waals surface area contributed by atoms with E-state index in [1.165, 1.54) is 0 Å². The third-order valence-corrected chi connectivity index (χ3v) is 5.62. The van der Waals surface area contributed by atoms with Gasteiger partial charge in [-0.05, 0) is 32.1 Å². The highest BCUT2D eigenvalue weighted by molar-refractivity contribution is 5.79. The number of hydrogen-bond donors (Lipinski definition) is 2. The molecule has 0 unspecified atom stereocenters. The standard InChI is InChI=1S/C21H40O4/c1-5-9-13-20(18(22)23,14-10-6-2)17-21(19(24)25,15-11-7-3)16-12-8-4/h5-17H2,1-4H3,(H,22,23)(H,24,25). The first kappa shape index (κ1) is 23.9. The number of carboxylic acid groups (broad SMARTS) is 2. The van der Waals surface area contributed by atoms with Crippen molar-refractivity contribution in [2.45, 2.75) is 111 Å². The van der Waals surface area contributed by atoms with Crippen LogP contribution in [0.3, 0.4) is 0 Å². The molecule has 2 N–H and O–H groups in total. The largest absolute Gasteiger partial charge is 0.481 e. The van der Waals surface area contributed by atoms with Crippen molar-refractivity contribution in [2.75, 3.05) is 0 Å². The second-order valence-corrected chi connectivity index (χ2v) is 7.76. The monoisotopic (exact) mass is 356 g/mol. The fraction of sp³-hybridized carbons (Fsp3) is 0.905. The summed E-state index contributed by atoms with van der Waals surface area (Å²) < 4.78 is 0.